The van der Waals surface area contributed by atoms with Crippen LogP contribution in [-0.4, -0.2) is 19.2 Å². The molecule has 0 unspecified atom stereocenters. The summed E-state index contributed by atoms with van der Waals surface area (Å²) in [5.41, 5.74) is 2.92. The van der Waals surface area contributed by atoms with Gasteiger partial charge in [-0.3, -0.25) is 0 Å². The van der Waals surface area contributed by atoms with Crippen molar-refractivity contribution in [1.82, 2.24) is 0 Å². The van der Waals surface area contributed by atoms with Crippen LogP contribution in [0.15, 0.2) is 18.2 Å². The molecule has 0 radical (unpaired) electrons. The fraction of sp³-hybridized carbons (Fsp3) is 0.500. The molecule has 1 saturated carbocycles. The van der Waals surface area contributed by atoms with Gasteiger partial charge in [0.1, 0.15) is 0 Å². The summed E-state index contributed by atoms with van der Waals surface area (Å²) in [5, 5.41) is 10.1. The minimum Gasteiger partial charge on any atom is -0.385 e. The largest absolute Gasteiger partial charge is 0.385 e. The standard InChI is InChI=1S/C12H17NO/c1-9-4-5-10(12(14)6-7-12)11(8-9)13(2)3/h4-5,8,14H,6-7H2,1-3H3. The van der Waals surface area contributed by atoms with Crippen molar-refractivity contribution in [1.29, 1.82) is 0 Å². The summed E-state index contributed by atoms with van der Waals surface area (Å²) < 4.78 is 0. The van der Waals surface area contributed by atoms with Gasteiger partial charge in [0, 0.05) is 25.3 Å². The van der Waals surface area contributed by atoms with Crippen LogP contribution < -0.4 is 4.90 Å². The van der Waals surface area contributed by atoms with Crippen molar-refractivity contribution in [3.63, 3.8) is 0 Å². The van der Waals surface area contributed by atoms with Gasteiger partial charge >= 0.3 is 0 Å². The molecule has 1 aliphatic rings. The number of hydrogen-bond acceptors (Lipinski definition) is 2. The van der Waals surface area contributed by atoms with Crippen molar-refractivity contribution < 1.29 is 5.11 Å². The van der Waals surface area contributed by atoms with Crippen LogP contribution in [0.1, 0.15) is 24.0 Å². The monoisotopic (exact) mass is 191 g/mol. The van der Waals surface area contributed by atoms with Gasteiger partial charge in [0.2, 0.25) is 0 Å². The summed E-state index contributed by atoms with van der Waals surface area (Å²) in [6, 6.07) is 6.25. The molecule has 1 aromatic carbocycles. The zero-order valence-corrected chi connectivity index (χ0v) is 9.04. The molecule has 2 heteroatoms. The number of benzene rings is 1. The van der Waals surface area contributed by atoms with Crippen molar-refractivity contribution in [2.24, 2.45) is 0 Å². The van der Waals surface area contributed by atoms with Gasteiger partial charge in [-0.05, 0) is 31.4 Å². The van der Waals surface area contributed by atoms with Gasteiger partial charge in [-0.25, -0.2) is 0 Å². The lowest BCUT2D eigenvalue weighted by Crippen LogP contribution is -2.16. The predicted molar refractivity (Wildman–Crippen MR) is 58.6 cm³/mol. The van der Waals surface area contributed by atoms with Crippen molar-refractivity contribution in [3.8, 4) is 0 Å². The third-order valence-electron chi connectivity index (χ3n) is 2.86. The number of anilines is 1. The van der Waals surface area contributed by atoms with E-state index in [9.17, 15) is 5.11 Å². The Bertz CT molecular complexity index is 353. The third-order valence-corrected chi connectivity index (χ3v) is 2.86. The maximum Gasteiger partial charge on any atom is 0.0918 e. The highest BCUT2D eigenvalue weighted by atomic mass is 16.3. The maximum atomic E-state index is 10.1. The van der Waals surface area contributed by atoms with E-state index in [0.717, 1.165) is 24.1 Å². The Balaban J connectivity index is 2.48. The van der Waals surface area contributed by atoms with E-state index in [2.05, 4.69) is 30.0 Å². The number of hydrogen-bond donors (Lipinski definition) is 1. The molecule has 0 amide bonds. The smallest absolute Gasteiger partial charge is 0.0918 e. The van der Waals surface area contributed by atoms with E-state index in [-0.39, 0.29) is 0 Å². The molecular weight excluding hydrogens is 174 g/mol. The normalized spacial score (nSPS) is 18.0. The highest BCUT2D eigenvalue weighted by Crippen LogP contribution is 2.48. The first kappa shape index (κ1) is 9.53. The van der Waals surface area contributed by atoms with Crippen LogP contribution in [0.5, 0.6) is 0 Å². The molecule has 0 saturated heterocycles. The number of aryl methyl sites for hydroxylation is 1. The highest BCUT2D eigenvalue weighted by Gasteiger charge is 2.43. The van der Waals surface area contributed by atoms with E-state index < -0.39 is 5.60 Å². The van der Waals surface area contributed by atoms with Crippen LogP contribution in [0.25, 0.3) is 0 Å². The van der Waals surface area contributed by atoms with Crippen LogP contribution in [0, 0.1) is 6.92 Å². The molecule has 76 valence electrons. The topological polar surface area (TPSA) is 23.5 Å². The van der Waals surface area contributed by atoms with Gasteiger partial charge in [0.25, 0.3) is 0 Å². The maximum absolute atomic E-state index is 10.1. The summed E-state index contributed by atoms with van der Waals surface area (Å²) in [6.45, 7) is 2.08. The molecule has 2 rings (SSSR count). The average molecular weight is 191 g/mol. The molecule has 0 bridgehead atoms. The Morgan fingerprint density at radius 3 is 2.43 bits per heavy atom. The first-order valence-corrected chi connectivity index (χ1v) is 5.04. The lowest BCUT2D eigenvalue weighted by atomic mass is 10.0. The molecule has 1 aliphatic carbocycles. The number of nitrogens with zero attached hydrogens (tertiary/aromatic N) is 1. The molecule has 0 atom stereocenters. The molecule has 0 heterocycles. The van der Waals surface area contributed by atoms with Crippen LogP contribution in [0.3, 0.4) is 0 Å². The molecule has 1 aromatic rings. The molecule has 14 heavy (non-hydrogen) atoms. The van der Waals surface area contributed by atoms with E-state index >= 15 is 0 Å². The van der Waals surface area contributed by atoms with E-state index in [1.807, 2.05) is 14.1 Å². The number of rotatable bonds is 2. The van der Waals surface area contributed by atoms with Crippen LogP contribution in [0.4, 0.5) is 5.69 Å². The Morgan fingerprint density at radius 2 is 1.93 bits per heavy atom. The Hall–Kier alpha value is -1.02. The average Bonchev–Trinajstić information content (AvgIpc) is 2.84. The molecular formula is C12H17NO. The fourth-order valence-electron chi connectivity index (χ4n) is 1.79. The summed E-state index contributed by atoms with van der Waals surface area (Å²) in [4.78, 5) is 2.07. The summed E-state index contributed by atoms with van der Waals surface area (Å²) >= 11 is 0. The lowest BCUT2D eigenvalue weighted by Gasteiger charge is -2.21. The molecule has 0 aliphatic heterocycles. The van der Waals surface area contributed by atoms with E-state index in [4.69, 9.17) is 0 Å². The SMILES string of the molecule is Cc1ccc(C2(O)CC2)c(N(C)C)c1. The van der Waals surface area contributed by atoms with Crippen molar-refractivity contribution in [2.45, 2.75) is 25.4 Å². The highest BCUT2D eigenvalue weighted by molar-refractivity contribution is 5.58. The fourth-order valence-corrected chi connectivity index (χ4v) is 1.79. The quantitative estimate of drug-likeness (QED) is 0.773. The summed E-state index contributed by atoms with van der Waals surface area (Å²) in [7, 11) is 4.04. The van der Waals surface area contributed by atoms with Gasteiger partial charge in [-0.2, -0.15) is 0 Å². The first-order chi connectivity index (χ1) is 6.53. The Morgan fingerprint density at radius 1 is 1.29 bits per heavy atom. The first-order valence-electron chi connectivity index (χ1n) is 5.04. The van der Waals surface area contributed by atoms with Gasteiger partial charge in [0.15, 0.2) is 0 Å². The minimum atomic E-state index is -0.534. The Labute approximate surface area is 85.2 Å². The zero-order chi connectivity index (χ0) is 10.3. The molecule has 2 nitrogen and oxygen atoms in total. The minimum absolute atomic E-state index is 0.534. The molecule has 1 fully saturated rings. The second kappa shape index (κ2) is 2.99. The lowest BCUT2D eigenvalue weighted by molar-refractivity contribution is 0.152. The third kappa shape index (κ3) is 1.50. The molecule has 1 N–H and O–H groups in total. The van der Waals surface area contributed by atoms with Gasteiger partial charge in [-0.15, -0.1) is 0 Å². The van der Waals surface area contributed by atoms with Crippen molar-refractivity contribution in [3.05, 3.63) is 29.3 Å². The Kier molecular flexibility index (Phi) is 2.04. The van der Waals surface area contributed by atoms with Gasteiger partial charge in [-0.1, -0.05) is 12.1 Å². The molecule has 0 spiro atoms. The molecule has 0 aromatic heterocycles. The van der Waals surface area contributed by atoms with Crippen LogP contribution in [-0.2, 0) is 5.60 Å². The summed E-state index contributed by atoms with van der Waals surface area (Å²) in [5.74, 6) is 0. The number of aliphatic hydroxyl groups is 1. The van der Waals surface area contributed by atoms with Crippen molar-refractivity contribution in [2.75, 3.05) is 19.0 Å². The van der Waals surface area contributed by atoms with E-state index in [1.165, 1.54) is 5.56 Å². The summed E-state index contributed by atoms with van der Waals surface area (Å²) in [6.07, 6.45) is 1.80. The zero-order valence-electron chi connectivity index (χ0n) is 9.04. The van der Waals surface area contributed by atoms with E-state index in [1.54, 1.807) is 0 Å². The second-order valence-electron chi connectivity index (χ2n) is 4.45. The second-order valence-corrected chi connectivity index (χ2v) is 4.45. The predicted octanol–water partition coefficient (Wildman–Crippen LogP) is 2.04. The van der Waals surface area contributed by atoms with Crippen LogP contribution in [0.2, 0.25) is 0 Å². The van der Waals surface area contributed by atoms with E-state index in [0.29, 0.717) is 0 Å². The van der Waals surface area contributed by atoms with Crippen LogP contribution >= 0.6 is 0 Å². The van der Waals surface area contributed by atoms with Crippen molar-refractivity contribution >= 4 is 5.69 Å². The van der Waals surface area contributed by atoms with Gasteiger partial charge in [0.05, 0.1) is 5.60 Å². The van der Waals surface area contributed by atoms with Gasteiger partial charge < -0.3 is 10.0 Å².